The second-order valence-corrected chi connectivity index (χ2v) is 7.44. The number of benzene rings is 1. The number of nitrogens with zero attached hydrogens (tertiary/aromatic N) is 1. The van der Waals surface area contributed by atoms with Gasteiger partial charge in [0.1, 0.15) is 0 Å². The largest absolute Gasteiger partial charge is 0.378 e. The second kappa shape index (κ2) is 6.01. The van der Waals surface area contributed by atoms with E-state index in [0.29, 0.717) is 5.78 Å². The fraction of sp³-hybridized carbons (Fsp3) is 0.588. The van der Waals surface area contributed by atoms with Crippen LogP contribution in [0.2, 0.25) is 0 Å². The highest BCUT2D eigenvalue weighted by atomic mass is 32.2. The molecule has 2 heterocycles. The lowest BCUT2D eigenvalue weighted by atomic mass is 9.81. The summed E-state index contributed by atoms with van der Waals surface area (Å²) in [6.45, 7) is 0.727. The van der Waals surface area contributed by atoms with E-state index in [4.69, 9.17) is 4.74 Å². The first-order valence-electron chi connectivity index (χ1n) is 7.63. The van der Waals surface area contributed by atoms with Crippen LogP contribution in [0.3, 0.4) is 0 Å². The molecule has 0 aliphatic carbocycles. The molecule has 0 bridgehead atoms. The summed E-state index contributed by atoms with van der Waals surface area (Å²) < 4.78 is 6.02. The van der Waals surface area contributed by atoms with Gasteiger partial charge in [-0.25, -0.2) is 0 Å². The van der Waals surface area contributed by atoms with Gasteiger partial charge in [-0.3, -0.25) is 4.79 Å². The summed E-state index contributed by atoms with van der Waals surface area (Å²) in [6, 6.07) is 7.97. The number of Topliss-reactive ketones (excluding diaryl/α,β-unsaturated/α-hetero) is 1. The van der Waals surface area contributed by atoms with E-state index in [1.165, 1.54) is 0 Å². The Labute approximate surface area is 131 Å². The van der Waals surface area contributed by atoms with Gasteiger partial charge in [0.25, 0.3) is 0 Å². The van der Waals surface area contributed by atoms with Gasteiger partial charge in [0, 0.05) is 43.6 Å². The number of ketones is 1. The van der Waals surface area contributed by atoms with Crippen LogP contribution < -0.4 is 4.90 Å². The van der Waals surface area contributed by atoms with Crippen LogP contribution >= 0.6 is 11.8 Å². The highest BCUT2D eigenvalue weighted by Gasteiger charge is 2.42. The van der Waals surface area contributed by atoms with Crippen LogP contribution in [-0.4, -0.2) is 43.6 Å². The van der Waals surface area contributed by atoms with Crippen LogP contribution in [0.25, 0.3) is 0 Å². The van der Waals surface area contributed by atoms with Crippen LogP contribution in [0.4, 0.5) is 5.69 Å². The number of thioether (sulfide) groups is 1. The SMILES string of the molecule is CN(C)c1cccc(C(=O)C2CCOC3(CCSC3)C2)c1. The molecule has 2 atom stereocenters. The zero-order chi connectivity index (χ0) is 14.9. The summed E-state index contributed by atoms with van der Waals surface area (Å²) in [7, 11) is 4.01. The molecule has 114 valence electrons. The molecule has 0 aromatic heterocycles. The topological polar surface area (TPSA) is 29.5 Å². The van der Waals surface area contributed by atoms with E-state index in [2.05, 4.69) is 0 Å². The number of ether oxygens (including phenoxy) is 1. The van der Waals surface area contributed by atoms with Crippen molar-refractivity contribution in [1.29, 1.82) is 0 Å². The van der Waals surface area contributed by atoms with Gasteiger partial charge in [0.2, 0.25) is 0 Å². The average Bonchev–Trinajstić information content (AvgIpc) is 2.94. The molecule has 3 rings (SSSR count). The van der Waals surface area contributed by atoms with Gasteiger partial charge >= 0.3 is 0 Å². The van der Waals surface area contributed by atoms with Crippen LogP contribution in [0, 0.1) is 5.92 Å². The molecule has 2 unspecified atom stereocenters. The third-order valence-electron chi connectivity index (χ3n) is 4.58. The molecule has 3 nitrogen and oxygen atoms in total. The van der Waals surface area contributed by atoms with Crippen molar-refractivity contribution in [2.75, 3.05) is 37.1 Å². The van der Waals surface area contributed by atoms with E-state index >= 15 is 0 Å². The van der Waals surface area contributed by atoms with Crippen LogP contribution in [-0.2, 0) is 4.74 Å². The molecule has 0 N–H and O–H groups in total. The number of hydrogen-bond acceptors (Lipinski definition) is 4. The number of carbonyl (C=O) groups is 1. The number of hydrogen-bond donors (Lipinski definition) is 0. The Balaban J connectivity index is 1.76. The fourth-order valence-corrected chi connectivity index (χ4v) is 4.67. The first-order chi connectivity index (χ1) is 10.1. The molecule has 1 spiro atoms. The smallest absolute Gasteiger partial charge is 0.166 e. The van der Waals surface area contributed by atoms with E-state index in [1.54, 1.807) is 0 Å². The van der Waals surface area contributed by atoms with Crippen molar-refractivity contribution < 1.29 is 9.53 Å². The van der Waals surface area contributed by atoms with Crippen molar-refractivity contribution >= 4 is 23.2 Å². The van der Waals surface area contributed by atoms with E-state index < -0.39 is 0 Å². The van der Waals surface area contributed by atoms with E-state index in [9.17, 15) is 4.79 Å². The molecule has 0 amide bonds. The molecular weight excluding hydrogens is 282 g/mol. The fourth-order valence-electron chi connectivity index (χ4n) is 3.29. The van der Waals surface area contributed by atoms with Crippen LogP contribution in [0.1, 0.15) is 29.6 Å². The standard InChI is InChI=1S/C17H23NO2S/c1-18(2)15-5-3-4-13(10-15)16(19)14-6-8-20-17(11-14)7-9-21-12-17/h3-5,10,14H,6-9,11-12H2,1-2H3. The Morgan fingerprint density at radius 1 is 1.43 bits per heavy atom. The predicted octanol–water partition coefficient (Wildman–Crippen LogP) is 3.24. The Bertz CT molecular complexity index is 523. The van der Waals surface area contributed by atoms with Gasteiger partial charge in [0.05, 0.1) is 5.60 Å². The van der Waals surface area contributed by atoms with Crippen molar-refractivity contribution in [3.63, 3.8) is 0 Å². The summed E-state index contributed by atoms with van der Waals surface area (Å²) in [5.74, 6) is 2.62. The zero-order valence-electron chi connectivity index (χ0n) is 12.8. The lowest BCUT2D eigenvalue weighted by molar-refractivity contribution is -0.0734. The number of anilines is 1. The summed E-state index contributed by atoms with van der Waals surface area (Å²) in [5, 5.41) is 0. The third-order valence-corrected chi connectivity index (χ3v) is 5.80. The minimum Gasteiger partial charge on any atom is -0.378 e. The Morgan fingerprint density at radius 2 is 2.29 bits per heavy atom. The van der Waals surface area contributed by atoms with Crippen molar-refractivity contribution in [2.45, 2.75) is 24.9 Å². The van der Waals surface area contributed by atoms with Gasteiger partial charge in [-0.1, -0.05) is 12.1 Å². The second-order valence-electron chi connectivity index (χ2n) is 6.33. The predicted molar refractivity (Wildman–Crippen MR) is 88.4 cm³/mol. The number of carbonyl (C=O) groups excluding carboxylic acids is 1. The maximum absolute atomic E-state index is 12.8. The Morgan fingerprint density at radius 3 is 3.00 bits per heavy atom. The molecule has 2 saturated heterocycles. The summed E-state index contributed by atoms with van der Waals surface area (Å²) in [4.78, 5) is 14.9. The Kier molecular flexibility index (Phi) is 4.27. The maximum atomic E-state index is 12.8. The van der Waals surface area contributed by atoms with Gasteiger partial charge < -0.3 is 9.64 Å². The first-order valence-corrected chi connectivity index (χ1v) is 8.78. The molecule has 2 aliphatic rings. The molecule has 21 heavy (non-hydrogen) atoms. The van der Waals surface area contributed by atoms with Crippen LogP contribution in [0.15, 0.2) is 24.3 Å². The summed E-state index contributed by atoms with van der Waals surface area (Å²) >= 11 is 1.95. The van der Waals surface area contributed by atoms with E-state index in [-0.39, 0.29) is 11.5 Å². The van der Waals surface area contributed by atoms with Gasteiger partial charge in [-0.15, -0.1) is 0 Å². The highest BCUT2D eigenvalue weighted by molar-refractivity contribution is 7.99. The van der Waals surface area contributed by atoms with Crippen molar-refractivity contribution in [3.05, 3.63) is 29.8 Å². The average molecular weight is 305 g/mol. The number of rotatable bonds is 3. The van der Waals surface area contributed by atoms with Crippen LogP contribution in [0.5, 0.6) is 0 Å². The minimum absolute atomic E-state index is 0.0254. The van der Waals surface area contributed by atoms with Gasteiger partial charge in [-0.05, 0) is 37.1 Å². The lowest BCUT2D eigenvalue weighted by Gasteiger charge is -2.37. The zero-order valence-corrected chi connectivity index (χ0v) is 13.6. The monoisotopic (exact) mass is 305 g/mol. The first kappa shape index (κ1) is 14.9. The summed E-state index contributed by atoms with van der Waals surface area (Å²) in [5.41, 5.74) is 1.90. The van der Waals surface area contributed by atoms with E-state index in [1.807, 2.05) is 55.0 Å². The van der Waals surface area contributed by atoms with Gasteiger partial charge in [0.15, 0.2) is 5.78 Å². The van der Waals surface area contributed by atoms with Gasteiger partial charge in [-0.2, -0.15) is 11.8 Å². The molecule has 1 aromatic carbocycles. The molecule has 0 saturated carbocycles. The molecule has 1 aromatic rings. The Hall–Kier alpha value is -1.00. The normalized spacial score (nSPS) is 28.8. The van der Waals surface area contributed by atoms with Crippen molar-refractivity contribution in [2.24, 2.45) is 5.92 Å². The minimum atomic E-state index is -0.0254. The molecular formula is C17H23NO2S. The van der Waals surface area contributed by atoms with Crippen molar-refractivity contribution in [3.8, 4) is 0 Å². The lowest BCUT2D eigenvalue weighted by Crippen LogP contribution is -2.42. The third kappa shape index (κ3) is 3.11. The quantitative estimate of drug-likeness (QED) is 0.802. The maximum Gasteiger partial charge on any atom is 0.166 e. The molecule has 2 aliphatic heterocycles. The molecule has 0 radical (unpaired) electrons. The van der Waals surface area contributed by atoms with Crippen molar-refractivity contribution in [1.82, 2.24) is 0 Å². The molecule has 2 fully saturated rings. The summed E-state index contributed by atoms with van der Waals surface area (Å²) in [6.07, 6.45) is 2.85. The van der Waals surface area contributed by atoms with E-state index in [0.717, 1.165) is 48.6 Å². The molecule has 4 heteroatoms. The highest BCUT2D eigenvalue weighted by Crippen LogP contribution is 2.41.